The van der Waals surface area contributed by atoms with Gasteiger partial charge in [-0.1, -0.05) is 17.7 Å². The van der Waals surface area contributed by atoms with E-state index in [9.17, 15) is 4.79 Å². The number of carbonyl (C=O) groups is 1. The summed E-state index contributed by atoms with van der Waals surface area (Å²) in [6.07, 6.45) is 1.78. The predicted octanol–water partition coefficient (Wildman–Crippen LogP) is 2.29. The Labute approximate surface area is 124 Å². The molecule has 5 nitrogen and oxygen atoms in total. The van der Waals surface area contributed by atoms with Crippen molar-refractivity contribution in [3.8, 4) is 5.75 Å². The molecule has 112 valence electrons. The van der Waals surface area contributed by atoms with Gasteiger partial charge >= 0.3 is 0 Å². The third kappa shape index (κ3) is 3.84. The van der Waals surface area contributed by atoms with Crippen LogP contribution in [-0.4, -0.2) is 22.3 Å². The molecule has 1 atom stereocenters. The van der Waals surface area contributed by atoms with Crippen molar-refractivity contribution in [1.29, 1.82) is 0 Å². The Morgan fingerprint density at radius 3 is 2.57 bits per heavy atom. The molecule has 1 heterocycles. The van der Waals surface area contributed by atoms with Crippen LogP contribution >= 0.6 is 0 Å². The van der Waals surface area contributed by atoms with Crippen molar-refractivity contribution in [2.45, 2.75) is 26.8 Å². The number of aryl methyl sites for hydroxylation is 2. The number of benzene rings is 1. The number of nitrogens with zero attached hydrogens (tertiary/aromatic N) is 2. The SMILES string of the molecule is Cc1ccc(OCC(=O)NC(C)c2cnn(C)c2C)cc1. The van der Waals surface area contributed by atoms with Crippen molar-refractivity contribution >= 4 is 5.91 Å². The molecule has 1 unspecified atom stereocenters. The number of hydrogen-bond acceptors (Lipinski definition) is 3. The van der Waals surface area contributed by atoms with E-state index in [1.54, 1.807) is 10.9 Å². The lowest BCUT2D eigenvalue weighted by Crippen LogP contribution is -2.31. The summed E-state index contributed by atoms with van der Waals surface area (Å²) < 4.78 is 7.25. The van der Waals surface area contributed by atoms with Crippen LogP contribution in [0.2, 0.25) is 0 Å². The molecule has 0 saturated carbocycles. The first-order valence-corrected chi connectivity index (χ1v) is 6.94. The van der Waals surface area contributed by atoms with Crippen LogP contribution in [0.25, 0.3) is 0 Å². The minimum Gasteiger partial charge on any atom is -0.484 e. The molecule has 1 amide bonds. The smallest absolute Gasteiger partial charge is 0.258 e. The predicted molar refractivity (Wildman–Crippen MR) is 81.2 cm³/mol. The molecule has 0 fully saturated rings. The Bertz CT molecular complexity index is 617. The Morgan fingerprint density at radius 2 is 2.00 bits per heavy atom. The molecule has 1 N–H and O–H groups in total. The Kier molecular flexibility index (Phi) is 4.62. The van der Waals surface area contributed by atoms with E-state index in [-0.39, 0.29) is 18.6 Å². The minimum absolute atomic E-state index is 0.00666. The first kappa shape index (κ1) is 15.1. The van der Waals surface area contributed by atoms with Gasteiger partial charge in [-0.3, -0.25) is 9.48 Å². The molecule has 21 heavy (non-hydrogen) atoms. The van der Waals surface area contributed by atoms with Gasteiger partial charge in [-0.2, -0.15) is 5.10 Å². The van der Waals surface area contributed by atoms with Crippen LogP contribution in [0.5, 0.6) is 5.75 Å². The summed E-state index contributed by atoms with van der Waals surface area (Å²) in [5.41, 5.74) is 3.22. The second-order valence-electron chi connectivity index (χ2n) is 5.20. The summed E-state index contributed by atoms with van der Waals surface area (Å²) in [5, 5.41) is 7.10. The summed E-state index contributed by atoms with van der Waals surface area (Å²) in [5.74, 6) is 0.548. The first-order chi connectivity index (χ1) is 9.97. The van der Waals surface area contributed by atoms with Crippen LogP contribution in [0.4, 0.5) is 0 Å². The fourth-order valence-electron chi connectivity index (χ4n) is 2.09. The van der Waals surface area contributed by atoms with Crippen LogP contribution in [0.1, 0.15) is 29.8 Å². The van der Waals surface area contributed by atoms with Crippen molar-refractivity contribution in [3.05, 3.63) is 47.3 Å². The van der Waals surface area contributed by atoms with E-state index in [0.29, 0.717) is 5.75 Å². The summed E-state index contributed by atoms with van der Waals surface area (Å²) in [4.78, 5) is 11.9. The number of hydrogen-bond donors (Lipinski definition) is 1. The number of ether oxygens (including phenoxy) is 1. The van der Waals surface area contributed by atoms with E-state index < -0.39 is 0 Å². The Hall–Kier alpha value is -2.30. The van der Waals surface area contributed by atoms with Gasteiger partial charge in [0.15, 0.2) is 6.61 Å². The monoisotopic (exact) mass is 287 g/mol. The molecule has 0 bridgehead atoms. The van der Waals surface area contributed by atoms with Crippen LogP contribution in [0.3, 0.4) is 0 Å². The van der Waals surface area contributed by atoms with Gasteiger partial charge in [-0.05, 0) is 32.9 Å². The highest BCUT2D eigenvalue weighted by molar-refractivity contribution is 5.78. The number of carbonyl (C=O) groups excluding carboxylic acids is 1. The molecule has 0 radical (unpaired) electrons. The van der Waals surface area contributed by atoms with Gasteiger partial charge in [0.05, 0.1) is 12.2 Å². The summed E-state index contributed by atoms with van der Waals surface area (Å²) in [6, 6.07) is 7.53. The zero-order valence-corrected chi connectivity index (χ0v) is 12.9. The highest BCUT2D eigenvalue weighted by Crippen LogP contribution is 2.16. The van der Waals surface area contributed by atoms with Gasteiger partial charge in [0, 0.05) is 18.3 Å². The van der Waals surface area contributed by atoms with Gasteiger partial charge < -0.3 is 10.1 Å². The van der Waals surface area contributed by atoms with Crippen molar-refractivity contribution in [2.75, 3.05) is 6.61 Å². The van der Waals surface area contributed by atoms with E-state index >= 15 is 0 Å². The maximum absolute atomic E-state index is 11.9. The maximum Gasteiger partial charge on any atom is 0.258 e. The van der Waals surface area contributed by atoms with E-state index in [0.717, 1.165) is 16.8 Å². The molecule has 1 aromatic carbocycles. The molecular formula is C16H21N3O2. The lowest BCUT2D eigenvalue weighted by molar-refractivity contribution is -0.123. The summed E-state index contributed by atoms with van der Waals surface area (Å²) >= 11 is 0. The quantitative estimate of drug-likeness (QED) is 0.918. The highest BCUT2D eigenvalue weighted by atomic mass is 16.5. The first-order valence-electron chi connectivity index (χ1n) is 6.94. The summed E-state index contributed by atoms with van der Waals surface area (Å²) in [7, 11) is 1.88. The topological polar surface area (TPSA) is 56.1 Å². The minimum atomic E-state index is -0.147. The van der Waals surface area contributed by atoms with Gasteiger partial charge in [0.2, 0.25) is 0 Å². The zero-order chi connectivity index (χ0) is 15.4. The standard InChI is InChI=1S/C16H21N3O2/c1-11-5-7-14(8-6-11)21-10-16(20)18-12(2)15-9-17-19(4)13(15)3/h5-9,12H,10H2,1-4H3,(H,18,20). The maximum atomic E-state index is 11.9. The second kappa shape index (κ2) is 6.43. The molecule has 5 heteroatoms. The molecular weight excluding hydrogens is 266 g/mol. The lowest BCUT2D eigenvalue weighted by Gasteiger charge is -2.14. The fraction of sp³-hybridized carbons (Fsp3) is 0.375. The normalized spacial score (nSPS) is 12.0. The molecule has 2 aromatic rings. The van der Waals surface area contributed by atoms with E-state index in [4.69, 9.17) is 4.74 Å². The summed E-state index contributed by atoms with van der Waals surface area (Å²) in [6.45, 7) is 5.93. The van der Waals surface area contributed by atoms with Crippen LogP contribution < -0.4 is 10.1 Å². The number of nitrogens with one attached hydrogen (secondary N) is 1. The van der Waals surface area contributed by atoms with Crippen molar-refractivity contribution < 1.29 is 9.53 Å². The second-order valence-corrected chi connectivity index (χ2v) is 5.20. The average Bonchev–Trinajstić information content (AvgIpc) is 2.78. The van der Waals surface area contributed by atoms with Gasteiger partial charge in [-0.15, -0.1) is 0 Å². The average molecular weight is 287 g/mol. The van der Waals surface area contributed by atoms with Crippen LogP contribution in [-0.2, 0) is 11.8 Å². The molecule has 0 aliphatic rings. The van der Waals surface area contributed by atoms with Crippen molar-refractivity contribution in [1.82, 2.24) is 15.1 Å². The third-order valence-corrected chi connectivity index (χ3v) is 3.51. The molecule has 2 rings (SSSR count). The zero-order valence-electron chi connectivity index (χ0n) is 12.9. The Balaban J connectivity index is 1.87. The molecule has 0 aliphatic heterocycles. The van der Waals surface area contributed by atoms with Crippen LogP contribution in [0.15, 0.2) is 30.5 Å². The largest absolute Gasteiger partial charge is 0.484 e. The van der Waals surface area contributed by atoms with E-state index in [1.165, 1.54) is 0 Å². The number of amides is 1. The number of aromatic nitrogens is 2. The van der Waals surface area contributed by atoms with Crippen LogP contribution in [0, 0.1) is 13.8 Å². The van der Waals surface area contributed by atoms with E-state index in [1.807, 2.05) is 52.1 Å². The van der Waals surface area contributed by atoms with Crippen molar-refractivity contribution in [3.63, 3.8) is 0 Å². The lowest BCUT2D eigenvalue weighted by atomic mass is 10.1. The van der Waals surface area contributed by atoms with E-state index in [2.05, 4.69) is 10.4 Å². The van der Waals surface area contributed by atoms with Gasteiger partial charge in [0.25, 0.3) is 5.91 Å². The molecule has 0 saturated heterocycles. The highest BCUT2D eigenvalue weighted by Gasteiger charge is 2.14. The Morgan fingerprint density at radius 1 is 1.33 bits per heavy atom. The van der Waals surface area contributed by atoms with Crippen molar-refractivity contribution in [2.24, 2.45) is 7.05 Å². The van der Waals surface area contributed by atoms with Gasteiger partial charge in [-0.25, -0.2) is 0 Å². The molecule has 0 spiro atoms. The molecule has 1 aromatic heterocycles. The number of rotatable bonds is 5. The molecule has 0 aliphatic carbocycles. The third-order valence-electron chi connectivity index (χ3n) is 3.51. The fourth-order valence-corrected chi connectivity index (χ4v) is 2.09. The van der Waals surface area contributed by atoms with Gasteiger partial charge in [0.1, 0.15) is 5.75 Å².